The Balaban J connectivity index is 3.40. The summed E-state index contributed by atoms with van der Waals surface area (Å²) in [6.07, 6.45) is 2.63. The summed E-state index contributed by atoms with van der Waals surface area (Å²) in [6, 6.07) is 2.22. The minimum atomic E-state index is -0.213. The molecule has 58 valence electrons. The summed E-state index contributed by atoms with van der Waals surface area (Å²) in [7, 11) is 0. The maximum absolute atomic E-state index is 8.58. The Morgan fingerprint density at radius 3 is 2.40 bits per heavy atom. The van der Waals surface area contributed by atoms with Gasteiger partial charge in [0.1, 0.15) is 0 Å². The van der Waals surface area contributed by atoms with Crippen molar-refractivity contribution in [3.63, 3.8) is 0 Å². The molecule has 0 aromatic heterocycles. The molecule has 0 aromatic carbocycles. The number of aliphatic hydroxyl groups excluding tert-OH is 1. The second-order valence-electron chi connectivity index (χ2n) is 3.18. The van der Waals surface area contributed by atoms with E-state index < -0.39 is 0 Å². The number of hydrogen-bond donors (Lipinski definition) is 1. The van der Waals surface area contributed by atoms with Crippen molar-refractivity contribution < 1.29 is 5.11 Å². The van der Waals surface area contributed by atoms with Crippen molar-refractivity contribution in [1.82, 2.24) is 0 Å². The molecule has 0 bridgehead atoms. The minimum absolute atomic E-state index is 0.213. The number of hydrogen-bond acceptors (Lipinski definition) is 2. The molecule has 0 aliphatic carbocycles. The average Bonchev–Trinajstić information content (AvgIpc) is 1.89. The highest BCUT2D eigenvalue weighted by Crippen LogP contribution is 2.21. The van der Waals surface area contributed by atoms with E-state index in [2.05, 4.69) is 6.07 Å². The van der Waals surface area contributed by atoms with Gasteiger partial charge in [0.25, 0.3) is 0 Å². The minimum Gasteiger partial charge on any atom is -0.396 e. The van der Waals surface area contributed by atoms with Crippen LogP contribution in [0.5, 0.6) is 0 Å². The van der Waals surface area contributed by atoms with Crippen molar-refractivity contribution in [2.45, 2.75) is 33.1 Å². The number of nitriles is 1. The first kappa shape index (κ1) is 9.45. The van der Waals surface area contributed by atoms with Crippen molar-refractivity contribution in [2.24, 2.45) is 5.41 Å². The highest BCUT2D eigenvalue weighted by atomic mass is 16.2. The molecular formula is C8H15NO. The van der Waals surface area contributed by atoms with Crippen LogP contribution in [0.4, 0.5) is 0 Å². The second kappa shape index (κ2) is 4.29. The first-order valence-corrected chi connectivity index (χ1v) is 3.64. The van der Waals surface area contributed by atoms with E-state index in [1.807, 2.05) is 13.8 Å². The maximum Gasteiger partial charge on any atom is 0.0683 e. The van der Waals surface area contributed by atoms with Crippen molar-refractivity contribution in [1.29, 1.82) is 5.26 Å². The molecule has 0 heterocycles. The van der Waals surface area contributed by atoms with Gasteiger partial charge >= 0.3 is 0 Å². The smallest absolute Gasteiger partial charge is 0.0683 e. The van der Waals surface area contributed by atoms with Gasteiger partial charge in [0.15, 0.2) is 0 Å². The molecule has 10 heavy (non-hydrogen) atoms. The largest absolute Gasteiger partial charge is 0.396 e. The number of rotatable bonds is 4. The summed E-state index contributed by atoms with van der Waals surface area (Å²) in [5, 5.41) is 17.0. The van der Waals surface area contributed by atoms with Gasteiger partial charge < -0.3 is 5.11 Å². The predicted molar refractivity (Wildman–Crippen MR) is 40.3 cm³/mol. The van der Waals surface area contributed by atoms with Gasteiger partial charge in [-0.2, -0.15) is 5.26 Å². The molecule has 0 spiro atoms. The summed E-state index contributed by atoms with van der Waals surface area (Å²) in [5.41, 5.74) is -0.213. The zero-order chi connectivity index (χ0) is 8.04. The monoisotopic (exact) mass is 141 g/mol. The number of nitrogens with zero attached hydrogens (tertiary/aromatic N) is 1. The summed E-state index contributed by atoms with van der Waals surface area (Å²) < 4.78 is 0. The standard InChI is InChI=1S/C8H15NO/c1-8(2,7-9)5-3-4-6-10/h10H,3-6H2,1-2H3. The van der Waals surface area contributed by atoms with E-state index in [-0.39, 0.29) is 12.0 Å². The van der Waals surface area contributed by atoms with Gasteiger partial charge in [0, 0.05) is 6.61 Å². The van der Waals surface area contributed by atoms with Gasteiger partial charge in [-0.05, 0) is 33.1 Å². The van der Waals surface area contributed by atoms with E-state index in [1.165, 1.54) is 0 Å². The van der Waals surface area contributed by atoms with Gasteiger partial charge in [-0.15, -0.1) is 0 Å². The topological polar surface area (TPSA) is 44.0 Å². The third kappa shape index (κ3) is 4.34. The number of unbranched alkanes of at least 4 members (excludes halogenated alkanes) is 1. The first-order valence-electron chi connectivity index (χ1n) is 3.64. The van der Waals surface area contributed by atoms with Crippen LogP contribution in [-0.4, -0.2) is 11.7 Å². The molecule has 0 amide bonds. The molecule has 2 nitrogen and oxygen atoms in total. The maximum atomic E-state index is 8.58. The van der Waals surface area contributed by atoms with Crippen molar-refractivity contribution >= 4 is 0 Å². The molecule has 0 saturated carbocycles. The Labute approximate surface area is 62.5 Å². The van der Waals surface area contributed by atoms with Crippen LogP contribution in [0.2, 0.25) is 0 Å². The zero-order valence-electron chi connectivity index (χ0n) is 6.72. The van der Waals surface area contributed by atoms with Crippen LogP contribution in [-0.2, 0) is 0 Å². The molecule has 0 aromatic rings. The SMILES string of the molecule is CC(C)(C#N)CCCCO. The third-order valence-electron chi connectivity index (χ3n) is 1.51. The molecule has 1 N–H and O–H groups in total. The fourth-order valence-electron chi connectivity index (χ4n) is 0.735. The van der Waals surface area contributed by atoms with E-state index in [0.29, 0.717) is 0 Å². The van der Waals surface area contributed by atoms with Crippen molar-refractivity contribution in [3.05, 3.63) is 0 Å². The van der Waals surface area contributed by atoms with Crippen molar-refractivity contribution in [3.8, 4) is 6.07 Å². The molecule has 0 unspecified atom stereocenters. The Kier molecular flexibility index (Phi) is 4.06. The lowest BCUT2D eigenvalue weighted by Crippen LogP contribution is -2.07. The lowest BCUT2D eigenvalue weighted by atomic mass is 9.89. The summed E-state index contributed by atoms with van der Waals surface area (Å²) >= 11 is 0. The summed E-state index contributed by atoms with van der Waals surface area (Å²) in [4.78, 5) is 0. The lowest BCUT2D eigenvalue weighted by molar-refractivity contribution is 0.274. The Morgan fingerprint density at radius 1 is 1.40 bits per heavy atom. The fourth-order valence-corrected chi connectivity index (χ4v) is 0.735. The summed E-state index contributed by atoms with van der Waals surface area (Å²) in [6.45, 7) is 4.08. The van der Waals surface area contributed by atoms with Crippen LogP contribution in [0.15, 0.2) is 0 Å². The Hall–Kier alpha value is -0.550. The van der Waals surface area contributed by atoms with Crippen molar-refractivity contribution in [2.75, 3.05) is 6.61 Å². The van der Waals surface area contributed by atoms with Gasteiger partial charge in [0.05, 0.1) is 11.5 Å². The van der Waals surface area contributed by atoms with Crippen LogP contribution in [0.25, 0.3) is 0 Å². The van der Waals surface area contributed by atoms with Gasteiger partial charge in [-0.3, -0.25) is 0 Å². The van der Waals surface area contributed by atoms with E-state index >= 15 is 0 Å². The van der Waals surface area contributed by atoms with Crippen LogP contribution >= 0.6 is 0 Å². The van der Waals surface area contributed by atoms with E-state index in [9.17, 15) is 0 Å². The molecule has 2 heteroatoms. The highest BCUT2D eigenvalue weighted by molar-refractivity contribution is 4.91. The molecule has 0 fully saturated rings. The third-order valence-corrected chi connectivity index (χ3v) is 1.51. The molecule has 0 rings (SSSR count). The van der Waals surface area contributed by atoms with Crippen LogP contribution in [0.1, 0.15) is 33.1 Å². The zero-order valence-corrected chi connectivity index (χ0v) is 6.72. The first-order chi connectivity index (χ1) is 4.62. The average molecular weight is 141 g/mol. The van der Waals surface area contributed by atoms with Crippen LogP contribution < -0.4 is 0 Å². The molecule has 0 atom stereocenters. The fraction of sp³-hybridized carbons (Fsp3) is 0.875. The quantitative estimate of drug-likeness (QED) is 0.605. The normalized spacial score (nSPS) is 11.0. The second-order valence-corrected chi connectivity index (χ2v) is 3.18. The molecule has 0 saturated heterocycles. The molecule has 0 aliphatic rings. The molecule has 0 radical (unpaired) electrons. The summed E-state index contributed by atoms with van der Waals surface area (Å²) in [5.74, 6) is 0. The Bertz CT molecular complexity index is 124. The van der Waals surface area contributed by atoms with E-state index in [1.54, 1.807) is 0 Å². The van der Waals surface area contributed by atoms with E-state index in [4.69, 9.17) is 10.4 Å². The van der Waals surface area contributed by atoms with Gasteiger partial charge in [0.2, 0.25) is 0 Å². The highest BCUT2D eigenvalue weighted by Gasteiger charge is 2.14. The number of aliphatic hydroxyl groups is 1. The Morgan fingerprint density at radius 2 is 2.00 bits per heavy atom. The van der Waals surface area contributed by atoms with Crippen LogP contribution in [0.3, 0.4) is 0 Å². The lowest BCUT2D eigenvalue weighted by Gasteiger charge is -2.13. The van der Waals surface area contributed by atoms with Gasteiger partial charge in [-0.25, -0.2) is 0 Å². The van der Waals surface area contributed by atoms with Crippen LogP contribution in [0, 0.1) is 16.7 Å². The predicted octanol–water partition coefficient (Wildman–Crippen LogP) is 1.70. The van der Waals surface area contributed by atoms with E-state index in [0.717, 1.165) is 19.3 Å². The molecule has 0 aliphatic heterocycles. The molecular weight excluding hydrogens is 126 g/mol. The van der Waals surface area contributed by atoms with Gasteiger partial charge in [-0.1, -0.05) is 0 Å².